The molecular weight excluding hydrogens is 502 g/mol. The Morgan fingerprint density at radius 2 is 1.58 bits per heavy atom. The minimum absolute atomic E-state index is 0.122. The van der Waals surface area contributed by atoms with Gasteiger partial charge in [-0.3, -0.25) is 0 Å². The Kier molecular flexibility index (Phi) is 10.3. The molecule has 3 fully saturated rings. The van der Waals surface area contributed by atoms with E-state index in [9.17, 15) is 26.3 Å². The number of carboxylic acids is 2. The molecule has 0 aromatic carbocycles. The standard InChI is InChI=1S/C17H26N4O.2C2HF3O2/c1-3-15(11-20-16-18-8-2-9-19-16)22-17(6-1)7-10-21(13-17)12-14-4-5-14;2*3-2(4,5)1(6)7/h2,8-9,14-15H,1,3-7,10-13H2,(H,18,19,20);2*(H,6,7)/t15-,17-;;/m1../s1. The first kappa shape index (κ1) is 29.5. The lowest BCUT2D eigenvalue weighted by Gasteiger charge is -2.39. The number of carbonyl (C=O) groups is 2. The van der Waals surface area contributed by atoms with Crippen LogP contribution in [0.15, 0.2) is 18.5 Å². The summed E-state index contributed by atoms with van der Waals surface area (Å²) < 4.78 is 70.0. The van der Waals surface area contributed by atoms with Gasteiger partial charge < -0.3 is 25.2 Å². The predicted octanol–water partition coefficient (Wildman–Crippen LogP) is 3.58. The highest BCUT2D eigenvalue weighted by molar-refractivity contribution is 5.73. The monoisotopic (exact) mass is 530 g/mol. The van der Waals surface area contributed by atoms with E-state index in [1.54, 1.807) is 12.4 Å². The Balaban J connectivity index is 0.000000271. The van der Waals surface area contributed by atoms with Crippen molar-refractivity contribution in [2.45, 2.75) is 62.6 Å². The van der Waals surface area contributed by atoms with Crippen LogP contribution in [0.5, 0.6) is 0 Å². The van der Waals surface area contributed by atoms with Crippen LogP contribution in [0.3, 0.4) is 0 Å². The smallest absolute Gasteiger partial charge is 0.475 e. The fraction of sp³-hybridized carbons (Fsp3) is 0.714. The fourth-order valence-electron chi connectivity index (χ4n) is 3.91. The van der Waals surface area contributed by atoms with Gasteiger partial charge in [0.25, 0.3) is 0 Å². The van der Waals surface area contributed by atoms with Crippen molar-refractivity contribution in [3.63, 3.8) is 0 Å². The van der Waals surface area contributed by atoms with Crippen molar-refractivity contribution in [3.05, 3.63) is 18.5 Å². The fourth-order valence-corrected chi connectivity index (χ4v) is 3.91. The van der Waals surface area contributed by atoms with Gasteiger partial charge >= 0.3 is 24.3 Å². The highest BCUT2D eigenvalue weighted by Crippen LogP contribution is 2.39. The lowest BCUT2D eigenvalue weighted by molar-refractivity contribution is -0.193. The van der Waals surface area contributed by atoms with E-state index in [0.29, 0.717) is 12.1 Å². The lowest BCUT2D eigenvalue weighted by Crippen LogP contribution is -2.45. The summed E-state index contributed by atoms with van der Waals surface area (Å²) in [6, 6.07) is 1.84. The van der Waals surface area contributed by atoms with Crippen molar-refractivity contribution >= 4 is 17.9 Å². The van der Waals surface area contributed by atoms with E-state index in [0.717, 1.165) is 25.4 Å². The number of nitrogens with zero attached hydrogens (tertiary/aromatic N) is 3. The van der Waals surface area contributed by atoms with Gasteiger partial charge in [-0.05, 0) is 50.5 Å². The van der Waals surface area contributed by atoms with Crippen LogP contribution in [-0.2, 0) is 14.3 Å². The van der Waals surface area contributed by atoms with Gasteiger partial charge in [-0.15, -0.1) is 0 Å². The van der Waals surface area contributed by atoms with Crippen LogP contribution in [0.2, 0.25) is 0 Å². The summed E-state index contributed by atoms with van der Waals surface area (Å²) >= 11 is 0. The third-order valence-corrected chi connectivity index (χ3v) is 5.72. The van der Waals surface area contributed by atoms with Crippen LogP contribution in [0.25, 0.3) is 0 Å². The molecule has 1 aromatic rings. The summed E-state index contributed by atoms with van der Waals surface area (Å²) in [4.78, 5) is 28.9. The molecule has 1 aromatic heterocycles. The number of likely N-dealkylation sites (tertiary alicyclic amines) is 1. The number of nitrogens with one attached hydrogen (secondary N) is 1. The van der Waals surface area contributed by atoms with Crippen molar-refractivity contribution in [1.29, 1.82) is 0 Å². The van der Waals surface area contributed by atoms with E-state index < -0.39 is 24.3 Å². The first-order chi connectivity index (χ1) is 16.7. The van der Waals surface area contributed by atoms with E-state index >= 15 is 0 Å². The number of ether oxygens (including phenoxy) is 1. The number of aliphatic carboxylic acids is 2. The molecule has 0 bridgehead atoms. The second-order valence-electron chi connectivity index (χ2n) is 8.80. The molecule has 1 spiro atoms. The third-order valence-electron chi connectivity index (χ3n) is 5.72. The zero-order valence-corrected chi connectivity index (χ0v) is 19.2. The summed E-state index contributed by atoms with van der Waals surface area (Å²) in [5.41, 5.74) is 0.122. The SMILES string of the molecule is O=C(O)C(F)(F)F.O=C(O)C(F)(F)F.c1cnc(NC[C@H]2CCC[C@]3(CCN(CC4CC4)C3)O2)nc1. The topological polar surface area (TPSA) is 125 Å². The summed E-state index contributed by atoms with van der Waals surface area (Å²) in [6.45, 7) is 4.47. The van der Waals surface area contributed by atoms with Gasteiger partial charge in [0.2, 0.25) is 5.95 Å². The Morgan fingerprint density at radius 3 is 2.08 bits per heavy atom. The number of alkyl halides is 6. The van der Waals surface area contributed by atoms with Crippen LogP contribution in [0, 0.1) is 5.92 Å². The van der Waals surface area contributed by atoms with Crippen molar-refractivity contribution in [2.75, 3.05) is 31.5 Å². The van der Waals surface area contributed by atoms with Crippen molar-refractivity contribution in [3.8, 4) is 0 Å². The van der Waals surface area contributed by atoms with Crippen molar-refractivity contribution in [1.82, 2.24) is 14.9 Å². The Hall–Kier alpha value is -2.68. The second-order valence-corrected chi connectivity index (χ2v) is 8.80. The number of hydrogen-bond donors (Lipinski definition) is 3. The molecule has 4 rings (SSSR count). The van der Waals surface area contributed by atoms with Crippen molar-refractivity contribution in [2.24, 2.45) is 5.92 Å². The molecule has 2 aliphatic heterocycles. The minimum Gasteiger partial charge on any atom is -0.475 e. The number of hydrogen-bond acceptors (Lipinski definition) is 7. The van der Waals surface area contributed by atoms with E-state index in [1.165, 1.54) is 45.2 Å². The molecule has 3 heterocycles. The van der Waals surface area contributed by atoms with E-state index in [4.69, 9.17) is 24.5 Å². The van der Waals surface area contributed by atoms with E-state index in [2.05, 4.69) is 20.2 Å². The van der Waals surface area contributed by atoms with E-state index in [1.807, 2.05) is 6.07 Å². The molecule has 2 saturated heterocycles. The number of anilines is 1. The summed E-state index contributed by atoms with van der Waals surface area (Å²) in [5, 5.41) is 17.6. The second kappa shape index (κ2) is 12.5. The summed E-state index contributed by atoms with van der Waals surface area (Å²) in [5.74, 6) is -3.83. The zero-order valence-electron chi connectivity index (χ0n) is 19.2. The molecule has 2 atom stereocenters. The van der Waals surface area contributed by atoms with E-state index in [-0.39, 0.29) is 5.60 Å². The Bertz CT molecular complexity index is 829. The van der Waals surface area contributed by atoms with Crippen LogP contribution in [-0.4, -0.2) is 87.3 Å². The average Bonchev–Trinajstić information content (AvgIpc) is 3.53. The molecule has 0 amide bonds. The minimum atomic E-state index is -5.08. The van der Waals surface area contributed by atoms with Gasteiger partial charge in [-0.1, -0.05) is 0 Å². The molecule has 1 aliphatic carbocycles. The Morgan fingerprint density at radius 1 is 1.03 bits per heavy atom. The summed E-state index contributed by atoms with van der Waals surface area (Å²) in [6.07, 6.45) is 1.39. The molecule has 0 radical (unpaired) electrons. The number of halogens is 6. The molecule has 36 heavy (non-hydrogen) atoms. The van der Waals surface area contributed by atoms with Gasteiger partial charge in [0.1, 0.15) is 0 Å². The molecule has 15 heteroatoms. The van der Waals surface area contributed by atoms with Crippen LogP contribution >= 0.6 is 0 Å². The maximum absolute atomic E-state index is 10.6. The summed E-state index contributed by atoms with van der Waals surface area (Å²) in [7, 11) is 0. The number of rotatable bonds is 5. The quantitative estimate of drug-likeness (QED) is 0.490. The highest BCUT2D eigenvalue weighted by atomic mass is 19.4. The van der Waals surface area contributed by atoms with Gasteiger partial charge in [-0.25, -0.2) is 19.6 Å². The number of carboxylic acid groups (broad SMARTS) is 2. The lowest BCUT2D eigenvalue weighted by atomic mass is 9.90. The van der Waals surface area contributed by atoms with Crippen LogP contribution in [0.1, 0.15) is 38.5 Å². The highest BCUT2D eigenvalue weighted by Gasteiger charge is 2.44. The zero-order chi connectivity index (χ0) is 27.0. The van der Waals surface area contributed by atoms with Gasteiger partial charge in [0, 0.05) is 38.6 Å². The molecule has 3 N–H and O–H groups in total. The molecular formula is C21H28F6N4O5. The first-order valence-corrected chi connectivity index (χ1v) is 11.2. The van der Waals surface area contributed by atoms with Crippen LogP contribution < -0.4 is 5.32 Å². The predicted molar refractivity (Wildman–Crippen MR) is 113 cm³/mol. The van der Waals surface area contributed by atoms with Crippen molar-refractivity contribution < 1.29 is 50.9 Å². The van der Waals surface area contributed by atoms with Gasteiger partial charge in [0.15, 0.2) is 0 Å². The van der Waals surface area contributed by atoms with Gasteiger partial charge in [-0.2, -0.15) is 26.3 Å². The molecule has 0 unspecified atom stereocenters. The normalized spacial score (nSPS) is 24.2. The maximum atomic E-state index is 10.6. The molecule has 9 nitrogen and oxygen atoms in total. The molecule has 3 aliphatic rings. The Labute approximate surface area is 202 Å². The van der Waals surface area contributed by atoms with Gasteiger partial charge in [0.05, 0.1) is 11.7 Å². The number of aromatic nitrogens is 2. The average molecular weight is 530 g/mol. The third kappa shape index (κ3) is 10.5. The van der Waals surface area contributed by atoms with Crippen LogP contribution in [0.4, 0.5) is 32.3 Å². The molecule has 204 valence electrons. The largest absolute Gasteiger partial charge is 0.490 e. The maximum Gasteiger partial charge on any atom is 0.490 e. The first-order valence-electron chi connectivity index (χ1n) is 11.2. The molecule has 1 saturated carbocycles.